The molecule has 128 valence electrons. The van der Waals surface area contributed by atoms with E-state index in [2.05, 4.69) is 61.3 Å². The lowest BCUT2D eigenvalue weighted by atomic mass is 10.0. The topological polar surface area (TPSA) is 38.1 Å². The molecule has 0 N–H and O–H groups in total. The molecule has 3 nitrogen and oxygen atoms in total. The lowest BCUT2D eigenvalue weighted by Crippen LogP contribution is -2.00. The number of fused-ring (bicyclic) bond motifs is 3. The van der Waals surface area contributed by atoms with Gasteiger partial charge in [0.1, 0.15) is 0 Å². The van der Waals surface area contributed by atoms with Crippen molar-refractivity contribution < 1.29 is 0 Å². The molecule has 4 aromatic rings. The van der Waals surface area contributed by atoms with E-state index in [1.165, 1.54) is 5.56 Å². The summed E-state index contributed by atoms with van der Waals surface area (Å²) in [5, 5.41) is 2.19. The highest BCUT2D eigenvalue weighted by Crippen LogP contribution is 2.27. The van der Waals surface area contributed by atoms with Crippen molar-refractivity contribution in [3.63, 3.8) is 0 Å². The Morgan fingerprint density at radius 3 is 2.38 bits per heavy atom. The third-order valence-corrected chi connectivity index (χ3v) is 4.65. The average molecular weight is 339 g/mol. The number of nitrogens with zero attached hydrogens (tertiary/aromatic N) is 3. The molecule has 0 bridgehead atoms. The number of aliphatic imine (C=N–C) groups is 1. The number of para-hydroxylation sites is 1. The first-order valence-corrected chi connectivity index (χ1v) is 8.92. The molecule has 0 spiro atoms. The number of hydrogen-bond donors (Lipinski definition) is 0. The Morgan fingerprint density at radius 2 is 1.58 bits per heavy atom. The van der Waals surface area contributed by atoms with Gasteiger partial charge >= 0.3 is 0 Å². The molecule has 3 heteroatoms. The highest BCUT2D eigenvalue weighted by molar-refractivity contribution is 6.06. The van der Waals surface area contributed by atoms with Crippen molar-refractivity contribution in [3.8, 4) is 0 Å². The van der Waals surface area contributed by atoms with Gasteiger partial charge in [-0.15, -0.1) is 0 Å². The fourth-order valence-electron chi connectivity index (χ4n) is 3.24. The van der Waals surface area contributed by atoms with Gasteiger partial charge in [0.2, 0.25) is 0 Å². The first kappa shape index (κ1) is 16.4. The molecule has 0 atom stereocenters. The van der Waals surface area contributed by atoms with E-state index in [0.717, 1.165) is 38.9 Å². The number of benzene rings is 2. The van der Waals surface area contributed by atoms with Crippen LogP contribution in [0, 0.1) is 0 Å². The summed E-state index contributed by atoms with van der Waals surface area (Å²) in [6.45, 7) is 6.40. The molecule has 0 saturated heterocycles. The second-order valence-corrected chi connectivity index (χ2v) is 6.82. The second-order valence-electron chi connectivity index (χ2n) is 6.82. The largest absolute Gasteiger partial charge is 0.254 e. The van der Waals surface area contributed by atoms with Crippen LogP contribution in [0.4, 0.5) is 5.69 Å². The maximum Gasteiger partial charge on any atom is 0.0972 e. The molecular formula is C23H21N3. The monoisotopic (exact) mass is 339 g/mol. The van der Waals surface area contributed by atoms with Crippen molar-refractivity contribution in [1.82, 2.24) is 9.97 Å². The zero-order chi connectivity index (χ0) is 18.1. The highest BCUT2D eigenvalue weighted by Gasteiger charge is 2.09. The van der Waals surface area contributed by atoms with Crippen molar-refractivity contribution in [2.75, 3.05) is 0 Å². The van der Waals surface area contributed by atoms with E-state index >= 15 is 0 Å². The maximum atomic E-state index is 4.88. The van der Waals surface area contributed by atoms with E-state index in [0.29, 0.717) is 5.92 Å². The quantitative estimate of drug-likeness (QED) is 0.337. The lowest BCUT2D eigenvalue weighted by molar-refractivity contribution is 0.867. The average Bonchev–Trinajstić information content (AvgIpc) is 2.67. The van der Waals surface area contributed by atoms with Gasteiger partial charge in [0.25, 0.3) is 0 Å². The molecule has 0 aliphatic heterocycles. The van der Waals surface area contributed by atoms with Crippen LogP contribution in [0.2, 0.25) is 0 Å². The van der Waals surface area contributed by atoms with E-state index in [1.807, 2.05) is 31.3 Å². The van der Waals surface area contributed by atoms with Crippen LogP contribution in [-0.2, 0) is 0 Å². The third kappa shape index (κ3) is 2.97. The molecule has 0 unspecified atom stereocenters. The van der Waals surface area contributed by atoms with Crippen LogP contribution < -0.4 is 0 Å². The number of hydrogen-bond acceptors (Lipinski definition) is 3. The summed E-state index contributed by atoms with van der Waals surface area (Å²) in [6.07, 6.45) is 1.82. The first-order valence-electron chi connectivity index (χ1n) is 8.92. The van der Waals surface area contributed by atoms with Crippen molar-refractivity contribution in [2.45, 2.75) is 26.7 Å². The van der Waals surface area contributed by atoms with Crippen molar-refractivity contribution in [1.29, 1.82) is 0 Å². The summed E-state index contributed by atoms with van der Waals surface area (Å²) in [5.74, 6) is 0.431. The predicted molar refractivity (Wildman–Crippen MR) is 109 cm³/mol. The molecule has 0 saturated carbocycles. The summed E-state index contributed by atoms with van der Waals surface area (Å²) in [4.78, 5) is 14.3. The van der Waals surface area contributed by atoms with E-state index < -0.39 is 0 Å². The fourth-order valence-corrected chi connectivity index (χ4v) is 3.24. The zero-order valence-electron chi connectivity index (χ0n) is 15.3. The van der Waals surface area contributed by atoms with Crippen LogP contribution >= 0.6 is 0 Å². The van der Waals surface area contributed by atoms with Crippen LogP contribution in [0.3, 0.4) is 0 Å². The van der Waals surface area contributed by atoms with Gasteiger partial charge in [-0.3, -0.25) is 9.98 Å². The smallest absolute Gasteiger partial charge is 0.0972 e. The fraction of sp³-hybridized carbons (Fsp3) is 0.174. The van der Waals surface area contributed by atoms with E-state index in [-0.39, 0.29) is 0 Å². The maximum absolute atomic E-state index is 4.88. The van der Waals surface area contributed by atoms with Crippen molar-refractivity contribution >= 4 is 33.2 Å². The molecule has 2 heterocycles. The standard InChI is InChI=1S/C23H21N3/c1-15(2)19-8-4-5-9-21(19)25-16(3)20-13-12-18-11-10-17-7-6-14-24-22(17)23(18)26-20/h4-15H,1-3H3. The lowest BCUT2D eigenvalue weighted by Gasteiger charge is -2.10. The molecule has 0 aliphatic rings. The number of aromatic nitrogens is 2. The highest BCUT2D eigenvalue weighted by atomic mass is 14.8. The Morgan fingerprint density at radius 1 is 0.846 bits per heavy atom. The minimum atomic E-state index is 0.431. The molecule has 26 heavy (non-hydrogen) atoms. The van der Waals surface area contributed by atoms with Gasteiger partial charge in [0, 0.05) is 17.0 Å². The Bertz CT molecular complexity index is 1130. The molecular weight excluding hydrogens is 318 g/mol. The van der Waals surface area contributed by atoms with Crippen LogP contribution in [0.25, 0.3) is 21.8 Å². The van der Waals surface area contributed by atoms with Gasteiger partial charge in [-0.2, -0.15) is 0 Å². The Balaban J connectivity index is 1.85. The Kier molecular flexibility index (Phi) is 4.21. The summed E-state index contributed by atoms with van der Waals surface area (Å²) in [6, 6.07) is 20.6. The molecule has 0 amide bonds. The van der Waals surface area contributed by atoms with Crippen molar-refractivity contribution in [3.05, 3.63) is 78.1 Å². The predicted octanol–water partition coefficient (Wildman–Crippen LogP) is 6.05. The first-order chi connectivity index (χ1) is 12.6. The Hall–Kier alpha value is -3.07. The Labute approximate surface area is 153 Å². The van der Waals surface area contributed by atoms with Gasteiger partial charge in [-0.1, -0.05) is 56.3 Å². The summed E-state index contributed by atoms with van der Waals surface area (Å²) in [7, 11) is 0. The van der Waals surface area contributed by atoms with Crippen LogP contribution in [-0.4, -0.2) is 15.7 Å². The molecule has 0 radical (unpaired) electrons. The van der Waals surface area contributed by atoms with Crippen molar-refractivity contribution in [2.24, 2.45) is 4.99 Å². The van der Waals surface area contributed by atoms with Crippen LogP contribution in [0.15, 0.2) is 71.9 Å². The van der Waals surface area contributed by atoms with E-state index in [4.69, 9.17) is 9.98 Å². The number of rotatable bonds is 3. The molecule has 2 aromatic heterocycles. The molecule has 0 aliphatic carbocycles. The van der Waals surface area contributed by atoms with Gasteiger partial charge < -0.3 is 0 Å². The number of pyridine rings is 2. The van der Waals surface area contributed by atoms with E-state index in [9.17, 15) is 0 Å². The second kappa shape index (κ2) is 6.68. The molecule has 0 fully saturated rings. The van der Waals surface area contributed by atoms with Crippen LogP contribution in [0.1, 0.15) is 37.9 Å². The minimum absolute atomic E-state index is 0.431. The SMILES string of the molecule is CC(=Nc1ccccc1C(C)C)c1ccc2ccc3cccnc3c2n1. The third-order valence-electron chi connectivity index (χ3n) is 4.65. The summed E-state index contributed by atoms with van der Waals surface area (Å²) < 4.78 is 0. The normalized spacial score (nSPS) is 12.2. The van der Waals surface area contributed by atoms with Gasteiger partial charge in [-0.25, -0.2) is 4.98 Å². The molecule has 2 aromatic carbocycles. The zero-order valence-corrected chi connectivity index (χ0v) is 15.3. The van der Waals surface area contributed by atoms with Gasteiger partial charge in [-0.05, 0) is 36.6 Å². The minimum Gasteiger partial charge on any atom is -0.254 e. The van der Waals surface area contributed by atoms with E-state index in [1.54, 1.807) is 0 Å². The molecule has 4 rings (SSSR count). The van der Waals surface area contributed by atoms with Gasteiger partial charge in [0.05, 0.1) is 28.1 Å². The summed E-state index contributed by atoms with van der Waals surface area (Å²) >= 11 is 0. The summed E-state index contributed by atoms with van der Waals surface area (Å²) in [5.41, 5.74) is 5.91. The van der Waals surface area contributed by atoms with Gasteiger partial charge in [0.15, 0.2) is 0 Å². The van der Waals surface area contributed by atoms with Crippen LogP contribution in [0.5, 0.6) is 0 Å².